The Labute approximate surface area is 178 Å². The number of rotatable bonds is 4. The molecule has 1 aliphatic rings. The quantitative estimate of drug-likeness (QED) is 0.411. The molecule has 0 spiro atoms. The maximum atomic E-state index is 12.4. The number of halogens is 2. The Bertz CT molecular complexity index is 981. The predicted molar refractivity (Wildman–Crippen MR) is 113 cm³/mol. The topological polar surface area (TPSA) is 49.9 Å². The highest BCUT2D eigenvalue weighted by atomic mass is 35.5. The number of hydrogen-bond donors (Lipinski definition) is 0. The molecule has 1 heterocycles. The van der Waals surface area contributed by atoms with Crippen LogP contribution in [0.2, 0.25) is 10.0 Å². The van der Waals surface area contributed by atoms with E-state index in [1.165, 1.54) is 30.0 Å². The van der Waals surface area contributed by atoms with Gasteiger partial charge in [0.25, 0.3) is 11.8 Å². The summed E-state index contributed by atoms with van der Waals surface area (Å²) in [4.78, 5) is 27.4. The Kier molecular flexibility index (Phi) is 6.03. The molecule has 2 aromatic carbocycles. The van der Waals surface area contributed by atoms with Gasteiger partial charge in [0.15, 0.2) is 5.11 Å². The summed E-state index contributed by atoms with van der Waals surface area (Å²) in [6.07, 6.45) is 1.53. The monoisotopic (exact) mass is 434 g/mol. The molecule has 28 heavy (non-hydrogen) atoms. The fourth-order valence-corrected chi connectivity index (χ4v) is 3.12. The number of thiocarbonyl (C=S) groups is 1. The van der Waals surface area contributed by atoms with Crippen LogP contribution in [0.25, 0.3) is 6.08 Å². The number of ether oxygens (including phenoxy) is 1. The first-order chi connectivity index (χ1) is 13.3. The smallest absolute Gasteiger partial charge is 0.265 e. The lowest BCUT2D eigenvalue weighted by atomic mass is 10.1. The lowest BCUT2D eigenvalue weighted by Gasteiger charge is -2.31. The molecule has 0 aromatic heterocycles. The first-order valence-electron chi connectivity index (χ1n) is 8.26. The zero-order chi connectivity index (χ0) is 20.4. The van der Waals surface area contributed by atoms with Crippen molar-refractivity contribution in [1.29, 1.82) is 0 Å². The molecule has 0 atom stereocenters. The number of nitrogens with zero attached hydrogens (tertiary/aromatic N) is 2. The minimum Gasteiger partial charge on any atom is -0.489 e. The zero-order valence-corrected chi connectivity index (χ0v) is 17.4. The molecule has 144 valence electrons. The summed E-state index contributed by atoms with van der Waals surface area (Å²) in [5, 5.41) is 1.11. The van der Waals surface area contributed by atoms with Crippen molar-refractivity contribution in [2.24, 2.45) is 0 Å². The molecule has 1 saturated heterocycles. The third-order valence-corrected chi connectivity index (χ3v) is 5.49. The van der Waals surface area contributed by atoms with E-state index in [9.17, 15) is 9.59 Å². The van der Waals surface area contributed by atoms with Crippen molar-refractivity contribution in [3.8, 4) is 5.75 Å². The van der Waals surface area contributed by atoms with Gasteiger partial charge in [-0.25, -0.2) is 0 Å². The maximum Gasteiger partial charge on any atom is 0.265 e. The van der Waals surface area contributed by atoms with Crippen LogP contribution in [-0.2, 0) is 16.2 Å². The predicted octanol–water partition coefficient (Wildman–Crippen LogP) is 4.17. The van der Waals surface area contributed by atoms with Crippen molar-refractivity contribution >= 4 is 58.4 Å². The maximum absolute atomic E-state index is 12.4. The highest BCUT2D eigenvalue weighted by Gasteiger charge is 2.35. The number of hydrogen-bond acceptors (Lipinski definition) is 4. The van der Waals surface area contributed by atoms with Crippen molar-refractivity contribution in [3.63, 3.8) is 0 Å². The Morgan fingerprint density at radius 3 is 2.32 bits per heavy atom. The molecule has 0 saturated carbocycles. The van der Waals surface area contributed by atoms with Crippen molar-refractivity contribution in [3.05, 3.63) is 69.2 Å². The van der Waals surface area contributed by atoms with Crippen LogP contribution in [-0.4, -0.2) is 40.8 Å². The average Bonchev–Trinajstić information content (AvgIpc) is 2.69. The third-order valence-electron chi connectivity index (χ3n) is 4.20. The van der Waals surface area contributed by atoms with Crippen molar-refractivity contribution < 1.29 is 14.3 Å². The number of carbonyl (C=O) groups excluding carboxylic acids is 2. The summed E-state index contributed by atoms with van der Waals surface area (Å²) < 4.78 is 5.79. The van der Waals surface area contributed by atoms with E-state index in [1.54, 1.807) is 36.4 Å². The van der Waals surface area contributed by atoms with Crippen LogP contribution < -0.4 is 4.74 Å². The van der Waals surface area contributed by atoms with Gasteiger partial charge in [0.05, 0.1) is 10.0 Å². The second-order valence-electron chi connectivity index (χ2n) is 6.18. The highest BCUT2D eigenvalue weighted by molar-refractivity contribution is 7.80. The second kappa shape index (κ2) is 8.31. The van der Waals surface area contributed by atoms with Crippen LogP contribution >= 0.6 is 35.4 Å². The molecule has 8 heteroatoms. The van der Waals surface area contributed by atoms with Gasteiger partial charge >= 0.3 is 0 Å². The summed E-state index contributed by atoms with van der Waals surface area (Å²) in [6.45, 7) is 0.300. The van der Waals surface area contributed by atoms with Gasteiger partial charge in [0.2, 0.25) is 0 Å². The molecule has 0 N–H and O–H groups in total. The molecule has 5 nitrogen and oxygen atoms in total. The van der Waals surface area contributed by atoms with Gasteiger partial charge in [0.1, 0.15) is 17.9 Å². The largest absolute Gasteiger partial charge is 0.489 e. The summed E-state index contributed by atoms with van der Waals surface area (Å²) in [5.74, 6) is -0.279. The Morgan fingerprint density at radius 2 is 1.68 bits per heavy atom. The number of benzene rings is 2. The number of carbonyl (C=O) groups is 2. The van der Waals surface area contributed by atoms with Crippen LogP contribution in [0, 0.1) is 0 Å². The van der Waals surface area contributed by atoms with E-state index in [0.717, 1.165) is 5.56 Å². The van der Waals surface area contributed by atoms with Crippen LogP contribution in [0.1, 0.15) is 11.1 Å². The van der Waals surface area contributed by atoms with Gasteiger partial charge in [-0.2, -0.15) is 0 Å². The minimum atomic E-state index is -0.435. The van der Waals surface area contributed by atoms with E-state index in [2.05, 4.69) is 0 Å². The summed E-state index contributed by atoms with van der Waals surface area (Å²) >= 11 is 17.0. The number of amides is 2. The molecule has 2 aromatic rings. The molecule has 1 aliphatic heterocycles. The molecule has 2 amide bonds. The highest BCUT2D eigenvalue weighted by Crippen LogP contribution is 2.24. The molecule has 0 unspecified atom stereocenters. The molecule has 1 fully saturated rings. The van der Waals surface area contributed by atoms with E-state index >= 15 is 0 Å². The van der Waals surface area contributed by atoms with Gasteiger partial charge < -0.3 is 4.74 Å². The molecule has 0 radical (unpaired) electrons. The normalized spacial score (nSPS) is 14.6. The lowest BCUT2D eigenvalue weighted by molar-refractivity contribution is -0.132. The van der Waals surface area contributed by atoms with E-state index in [1.807, 2.05) is 6.07 Å². The summed E-state index contributed by atoms with van der Waals surface area (Å²) in [7, 11) is 3.08. The molecule has 3 rings (SSSR count). The van der Waals surface area contributed by atoms with Crippen LogP contribution in [0.15, 0.2) is 48.0 Å². The van der Waals surface area contributed by atoms with Gasteiger partial charge in [-0.3, -0.25) is 19.4 Å². The van der Waals surface area contributed by atoms with Gasteiger partial charge in [-0.15, -0.1) is 0 Å². The molecular weight excluding hydrogens is 419 g/mol. The summed E-state index contributed by atoms with van der Waals surface area (Å²) in [5.41, 5.74) is 1.57. The summed E-state index contributed by atoms with van der Waals surface area (Å²) in [6, 6.07) is 12.4. The third kappa shape index (κ3) is 4.19. The van der Waals surface area contributed by atoms with Gasteiger partial charge in [-0.05, 0) is 53.7 Å². The van der Waals surface area contributed by atoms with E-state index < -0.39 is 11.8 Å². The van der Waals surface area contributed by atoms with Crippen LogP contribution in [0.5, 0.6) is 5.75 Å². The van der Waals surface area contributed by atoms with E-state index in [4.69, 9.17) is 40.2 Å². The fraction of sp³-hybridized carbons (Fsp3) is 0.150. The Balaban J connectivity index is 1.80. The van der Waals surface area contributed by atoms with Crippen LogP contribution in [0.3, 0.4) is 0 Å². The second-order valence-corrected chi connectivity index (χ2v) is 7.36. The first-order valence-corrected chi connectivity index (χ1v) is 9.43. The Hall–Kier alpha value is -2.41. The fourth-order valence-electron chi connectivity index (χ4n) is 2.63. The average molecular weight is 435 g/mol. The standard InChI is InChI=1S/C20H16Cl2N2O3S/c1-23-18(25)15(19(26)24(2)20(23)28)9-12-4-3-5-14(8-12)27-11-13-6-7-16(21)17(22)10-13/h3-10H,11H2,1-2H3. The van der Waals surface area contributed by atoms with Gasteiger partial charge in [-0.1, -0.05) is 41.4 Å². The Morgan fingerprint density at radius 1 is 1.00 bits per heavy atom. The molecular formula is C20H16Cl2N2O3S. The van der Waals surface area contributed by atoms with Crippen molar-refractivity contribution in [1.82, 2.24) is 9.80 Å². The van der Waals surface area contributed by atoms with Crippen molar-refractivity contribution in [2.45, 2.75) is 6.61 Å². The van der Waals surface area contributed by atoms with E-state index in [0.29, 0.717) is 28.0 Å². The van der Waals surface area contributed by atoms with E-state index in [-0.39, 0.29) is 10.7 Å². The molecule has 0 aliphatic carbocycles. The van der Waals surface area contributed by atoms with Gasteiger partial charge in [0, 0.05) is 14.1 Å². The first kappa shape index (κ1) is 20.3. The van der Waals surface area contributed by atoms with Crippen LogP contribution in [0.4, 0.5) is 0 Å². The minimum absolute atomic E-state index is 0.0419. The lowest BCUT2D eigenvalue weighted by Crippen LogP contribution is -2.52. The number of likely N-dealkylation sites (N-methyl/N-ethyl adjacent to an activating group) is 2. The van der Waals surface area contributed by atoms with Crippen molar-refractivity contribution in [2.75, 3.05) is 14.1 Å². The molecule has 0 bridgehead atoms. The zero-order valence-electron chi connectivity index (χ0n) is 15.1. The SMILES string of the molecule is CN1C(=O)C(=Cc2cccc(OCc3ccc(Cl)c(Cl)c3)c2)C(=O)N(C)C1=S.